The minimum Gasteiger partial charge on any atom is -0.388 e. The van der Waals surface area contributed by atoms with E-state index in [1.165, 1.54) is 11.1 Å². The Morgan fingerprint density at radius 3 is 2.47 bits per heavy atom. The zero-order chi connectivity index (χ0) is 14.1. The van der Waals surface area contributed by atoms with E-state index in [2.05, 4.69) is 0 Å². The third kappa shape index (κ3) is 6.94. The summed E-state index contributed by atoms with van der Waals surface area (Å²) < 4.78 is 5.56. The van der Waals surface area contributed by atoms with Crippen LogP contribution in [0.25, 0.3) is 0 Å². The van der Waals surface area contributed by atoms with Gasteiger partial charge < -0.3 is 9.84 Å². The normalized spacial score (nSPS) is 13.2. The summed E-state index contributed by atoms with van der Waals surface area (Å²) in [4.78, 5) is 0. The maximum Gasteiger partial charge on any atom is 0.0782 e. The molecule has 0 radical (unpaired) electrons. The maximum atomic E-state index is 9.91. The monoisotopic (exact) mass is 260 g/mol. The topological polar surface area (TPSA) is 29.5 Å². The zero-order valence-corrected chi connectivity index (χ0v) is 12.1. The van der Waals surface area contributed by atoms with E-state index in [0.717, 1.165) is 5.57 Å². The van der Waals surface area contributed by atoms with E-state index in [-0.39, 0.29) is 0 Å². The van der Waals surface area contributed by atoms with E-state index in [1.807, 2.05) is 63.3 Å². The lowest BCUT2D eigenvalue weighted by Crippen LogP contribution is -2.07. The summed E-state index contributed by atoms with van der Waals surface area (Å²) in [7, 11) is 0. The number of ether oxygens (including phenoxy) is 1. The average Bonchev–Trinajstić information content (AvgIpc) is 2.41. The standard InChI is InChI=1S/C17H24O2/c1-14(2)9-10-17(18)15(3)11-12-19-13-16-7-5-4-6-8-16/h4-9,11,17-18H,10,12-13H2,1-3H3/b15-11+. The number of hydrogen-bond acceptors (Lipinski definition) is 2. The predicted octanol–water partition coefficient (Wildman–Crippen LogP) is 3.87. The van der Waals surface area contributed by atoms with Crippen LogP contribution in [0.15, 0.2) is 53.6 Å². The zero-order valence-electron chi connectivity index (χ0n) is 12.1. The van der Waals surface area contributed by atoms with Crippen molar-refractivity contribution in [3.05, 3.63) is 59.2 Å². The van der Waals surface area contributed by atoms with Crippen molar-refractivity contribution in [3.8, 4) is 0 Å². The van der Waals surface area contributed by atoms with Crippen LogP contribution in [-0.4, -0.2) is 17.8 Å². The Kier molecular flexibility index (Phi) is 7.16. The molecule has 0 aromatic heterocycles. The molecule has 0 aliphatic heterocycles. The lowest BCUT2D eigenvalue weighted by molar-refractivity contribution is 0.146. The largest absolute Gasteiger partial charge is 0.388 e. The molecule has 0 fully saturated rings. The second-order valence-electron chi connectivity index (χ2n) is 4.98. The molecule has 2 nitrogen and oxygen atoms in total. The van der Waals surface area contributed by atoms with Gasteiger partial charge in [-0.15, -0.1) is 0 Å². The first-order chi connectivity index (χ1) is 9.09. The molecule has 0 amide bonds. The van der Waals surface area contributed by atoms with E-state index >= 15 is 0 Å². The molecule has 1 aromatic carbocycles. The van der Waals surface area contributed by atoms with Gasteiger partial charge in [-0.2, -0.15) is 0 Å². The van der Waals surface area contributed by atoms with Crippen LogP contribution in [0.4, 0.5) is 0 Å². The van der Waals surface area contributed by atoms with Gasteiger partial charge in [0.25, 0.3) is 0 Å². The molecule has 2 heteroatoms. The van der Waals surface area contributed by atoms with E-state index in [1.54, 1.807) is 0 Å². The number of aliphatic hydroxyl groups excluding tert-OH is 1. The molecule has 0 saturated heterocycles. The van der Waals surface area contributed by atoms with Crippen LogP contribution in [0.1, 0.15) is 32.8 Å². The quantitative estimate of drug-likeness (QED) is 0.595. The predicted molar refractivity (Wildman–Crippen MR) is 79.9 cm³/mol. The highest BCUT2D eigenvalue weighted by Crippen LogP contribution is 2.08. The highest BCUT2D eigenvalue weighted by atomic mass is 16.5. The fourth-order valence-electron chi connectivity index (χ4n) is 1.61. The summed E-state index contributed by atoms with van der Waals surface area (Å²) in [5.74, 6) is 0. The van der Waals surface area contributed by atoms with Gasteiger partial charge in [0.05, 0.1) is 19.3 Å². The van der Waals surface area contributed by atoms with Crippen molar-refractivity contribution in [2.75, 3.05) is 6.61 Å². The van der Waals surface area contributed by atoms with Crippen molar-refractivity contribution >= 4 is 0 Å². The van der Waals surface area contributed by atoms with Crippen LogP contribution in [0.2, 0.25) is 0 Å². The molecular formula is C17H24O2. The molecule has 0 aliphatic rings. The number of aliphatic hydroxyl groups is 1. The van der Waals surface area contributed by atoms with Crippen molar-refractivity contribution in [3.63, 3.8) is 0 Å². The van der Waals surface area contributed by atoms with Crippen LogP contribution in [0.5, 0.6) is 0 Å². The number of benzene rings is 1. The first-order valence-corrected chi connectivity index (χ1v) is 6.69. The van der Waals surface area contributed by atoms with Crippen LogP contribution in [-0.2, 0) is 11.3 Å². The fourth-order valence-corrected chi connectivity index (χ4v) is 1.61. The Morgan fingerprint density at radius 1 is 1.16 bits per heavy atom. The second-order valence-corrected chi connectivity index (χ2v) is 4.98. The summed E-state index contributed by atoms with van der Waals surface area (Å²) in [5.41, 5.74) is 3.36. The van der Waals surface area contributed by atoms with Gasteiger partial charge in [0.2, 0.25) is 0 Å². The Hall–Kier alpha value is -1.38. The van der Waals surface area contributed by atoms with Crippen molar-refractivity contribution in [1.29, 1.82) is 0 Å². The van der Waals surface area contributed by atoms with E-state index in [9.17, 15) is 5.11 Å². The minimum atomic E-state index is -0.407. The molecule has 1 N–H and O–H groups in total. The molecule has 0 aliphatic carbocycles. The van der Waals surface area contributed by atoms with Gasteiger partial charge in [-0.3, -0.25) is 0 Å². The van der Waals surface area contributed by atoms with E-state index < -0.39 is 6.10 Å². The minimum absolute atomic E-state index is 0.407. The molecule has 1 rings (SSSR count). The van der Waals surface area contributed by atoms with Gasteiger partial charge in [-0.05, 0) is 38.3 Å². The lowest BCUT2D eigenvalue weighted by atomic mass is 10.1. The number of rotatable bonds is 7. The van der Waals surface area contributed by atoms with Crippen LogP contribution in [0.3, 0.4) is 0 Å². The van der Waals surface area contributed by atoms with Gasteiger partial charge >= 0.3 is 0 Å². The fraction of sp³-hybridized carbons (Fsp3) is 0.412. The third-order valence-electron chi connectivity index (χ3n) is 2.91. The smallest absolute Gasteiger partial charge is 0.0782 e. The van der Waals surface area contributed by atoms with Crippen LogP contribution >= 0.6 is 0 Å². The number of allylic oxidation sites excluding steroid dienone is 1. The second kappa shape index (κ2) is 8.68. The molecule has 1 atom stereocenters. The SMILES string of the molecule is CC(C)=CCC(O)/C(C)=C/COCc1ccccc1. The molecule has 0 saturated carbocycles. The van der Waals surface area contributed by atoms with Crippen LogP contribution < -0.4 is 0 Å². The van der Waals surface area contributed by atoms with Crippen molar-refractivity contribution in [2.45, 2.75) is 39.9 Å². The number of hydrogen-bond donors (Lipinski definition) is 1. The molecule has 1 aromatic rings. The first kappa shape index (κ1) is 15.7. The van der Waals surface area contributed by atoms with Gasteiger partial charge in [-0.25, -0.2) is 0 Å². The molecule has 0 heterocycles. The van der Waals surface area contributed by atoms with Gasteiger partial charge in [0.1, 0.15) is 0 Å². The Morgan fingerprint density at radius 2 is 1.84 bits per heavy atom. The Balaban J connectivity index is 2.30. The highest BCUT2D eigenvalue weighted by molar-refractivity contribution is 5.13. The van der Waals surface area contributed by atoms with Crippen molar-refractivity contribution < 1.29 is 9.84 Å². The molecule has 104 valence electrons. The van der Waals surface area contributed by atoms with Crippen LogP contribution in [0, 0.1) is 0 Å². The molecule has 0 spiro atoms. The molecule has 19 heavy (non-hydrogen) atoms. The summed E-state index contributed by atoms with van der Waals surface area (Å²) >= 11 is 0. The Bertz CT molecular complexity index is 414. The van der Waals surface area contributed by atoms with E-state index in [0.29, 0.717) is 19.6 Å². The van der Waals surface area contributed by atoms with E-state index in [4.69, 9.17) is 4.74 Å². The molecular weight excluding hydrogens is 236 g/mol. The molecule has 1 unspecified atom stereocenters. The summed E-state index contributed by atoms with van der Waals surface area (Å²) in [5, 5.41) is 9.91. The molecule has 0 bridgehead atoms. The summed E-state index contributed by atoms with van der Waals surface area (Å²) in [6.45, 7) is 7.15. The van der Waals surface area contributed by atoms with Gasteiger partial charge in [0, 0.05) is 0 Å². The first-order valence-electron chi connectivity index (χ1n) is 6.69. The van der Waals surface area contributed by atoms with Gasteiger partial charge in [0.15, 0.2) is 0 Å². The average molecular weight is 260 g/mol. The summed E-state index contributed by atoms with van der Waals surface area (Å²) in [6.07, 6.45) is 4.26. The third-order valence-corrected chi connectivity index (χ3v) is 2.91. The lowest BCUT2D eigenvalue weighted by Gasteiger charge is -2.09. The van der Waals surface area contributed by atoms with Gasteiger partial charge in [-0.1, -0.05) is 48.1 Å². The Labute approximate surface area is 116 Å². The van der Waals surface area contributed by atoms with Crippen molar-refractivity contribution in [1.82, 2.24) is 0 Å². The van der Waals surface area contributed by atoms with Crippen molar-refractivity contribution in [2.24, 2.45) is 0 Å². The highest BCUT2D eigenvalue weighted by Gasteiger charge is 2.03. The maximum absolute atomic E-state index is 9.91. The summed E-state index contributed by atoms with van der Waals surface area (Å²) in [6, 6.07) is 10.1.